The first-order valence-corrected chi connectivity index (χ1v) is 10.4. The van der Waals surface area contributed by atoms with Crippen molar-refractivity contribution in [3.8, 4) is 11.5 Å². The van der Waals surface area contributed by atoms with Gasteiger partial charge in [-0.1, -0.05) is 29.8 Å². The summed E-state index contributed by atoms with van der Waals surface area (Å²) in [6.45, 7) is 5.55. The smallest absolute Gasteiger partial charge is 0.347 e. The molecule has 1 heterocycles. The molecule has 0 bridgehead atoms. The number of halogens is 1. The first kappa shape index (κ1) is 23.1. The number of carbonyl (C=O) groups is 3. The van der Waals surface area contributed by atoms with Crippen LogP contribution in [0.15, 0.2) is 48.0 Å². The molecule has 0 aromatic heterocycles. The van der Waals surface area contributed by atoms with Gasteiger partial charge in [0.05, 0.1) is 23.9 Å². The fraction of sp³-hybridized carbons (Fsp3) is 0.261. The molecule has 0 radical (unpaired) electrons. The summed E-state index contributed by atoms with van der Waals surface area (Å²) in [5.41, 5.74) is 3.49. The number of benzene rings is 2. The van der Waals surface area contributed by atoms with Crippen molar-refractivity contribution in [2.24, 2.45) is 0 Å². The number of ether oxygens (including phenoxy) is 3. The number of nitrogens with zero attached hydrogens (tertiary/aromatic N) is 1. The lowest BCUT2D eigenvalue weighted by Crippen LogP contribution is -2.35. The topological polar surface area (TPSA) is 94.2 Å². The van der Waals surface area contributed by atoms with Gasteiger partial charge in [0, 0.05) is 0 Å². The van der Waals surface area contributed by atoms with Crippen LogP contribution in [0.5, 0.6) is 11.5 Å². The largest absolute Gasteiger partial charge is 0.490 e. The van der Waals surface area contributed by atoms with Crippen LogP contribution in [0.2, 0.25) is 5.02 Å². The summed E-state index contributed by atoms with van der Waals surface area (Å²) in [6, 6.07) is 11.9. The number of hydrogen-bond acceptors (Lipinski definition) is 6. The molecular formula is C23H23ClN2O6. The predicted octanol–water partition coefficient (Wildman–Crippen LogP) is 3.53. The number of esters is 1. The van der Waals surface area contributed by atoms with E-state index in [1.807, 2.05) is 6.07 Å². The third kappa shape index (κ3) is 5.03. The van der Waals surface area contributed by atoms with Gasteiger partial charge in [0.2, 0.25) is 0 Å². The van der Waals surface area contributed by atoms with Crippen LogP contribution < -0.4 is 19.9 Å². The molecule has 0 spiro atoms. The molecule has 1 fully saturated rings. The molecule has 0 aliphatic carbocycles. The number of amides is 2. The molecule has 168 valence electrons. The zero-order chi connectivity index (χ0) is 23.3. The Kier molecular flexibility index (Phi) is 7.37. The van der Waals surface area contributed by atoms with Gasteiger partial charge >= 0.3 is 5.97 Å². The third-order valence-corrected chi connectivity index (χ3v) is 4.74. The Balaban J connectivity index is 1.91. The third-order valence-electron chi connectivity index (χ3n) is 4.46. The summed E-state index contributed by atoms with van der Waals surface area (Å²) >= 11 is 6.40. The molecule has 1 aliphatic heterocycles. The van der Waals surface area contributed by atoms with Crippen molar-refractivity contribution in [3.05, 3.63) is 58.6 Å². The minimum atomic E-state index is -0.905. The molecule has 3 rings (SSSR count). The maximum atomic E-state index is 12.8. The molecule has 32 heavy (non-hydrogen) atoms. The van der Waals surface area contributed by atoms with Crippen LogP contribution in [0.3, 0.4) is 0 Å². The molecule has 2 aromatic rings. The van der Waals surface area contributed by atoms with E-state index in [4.69, 9.17) is 25.8 Å². The van der Waals surface area contributed by atoms with Crippen LogP contribution in [0.1, 0.15) is 26.3 Å². The average Bonchev–Trinajstić information content (AvgIpc) is 3.05. The predicted molar refractivity (Wildman–Crippen MR) is 119 cm³/mol. The van der Waals surface area contributed by atoms with E-state index in [1.165, 1.54) is 17.2 Å². The summed E-state index contributed by atoms with van der Waals surface area (Å²) in [6.07, 6.45) is 0.519. The Labute approximate surface area is 190 Å². The van der Waals surface area contributed by atoms with E-state index in [1.54, 1.807) is 51.1 Å². The molecule has 9 heteroatoms. The zero-order valence-electron chi connectivity index (χ0n) is 17.9. The van der Waals surface area contributed by atoms with E-state index in [2.05, 4.69) is 5.43 Å². The summed E-state index contributed by atoms with van der Waals surface area (Å²) in [5.74, 6) is -1.12. The van der Waals surface area contributed by atoms with Gasteiger partial charge in [0.25, 0.3) is 11.8 Å². The Morgan fingerprint density at radius 1 is 1.16 bits per heavy atom. The number of hydrazine groups is 1. The molecule has 1 unspecified atom stereocenters. The molecule has 1 saturated heterocycles. The second-order valence-electron chi connectivity index (χ2n) is 6.75. The number of hydrogen-bond donors (Lipinski definition) is 1. The highest BCUT2D eigenvalue weighted by Gasteiger charge is 2.34. The second-order valence-corrected chi connectivity index (χ2v) is 7.16. The van der Waals surface area contributed by atoms with Crippen LogP contribution in [0.4, 0.5) is 5.69 Å². The van der Waals surface area contributed by atoms with E-state index in [9.17, 15) is 14.4 Å². The number of carbonyl (C=O) groups excluding carboxylic acids is 3. The average molecular weight is 459 g/mol. The van der Waals surface area contributed by atoms with Crippen molar-refractivity contribution >= 4 is 41.1 Å². The normalized spacial score (nSPS) is 15.5. The maximum absolute atomic E-state index is 12.8. The summed E-state index contributed by atoms with van der Waals surface area (Å²) in [7, 11) is 0. The Morgan fingerprint density at radius 3 is 2.53 bits per heavy atom. The van der Waals surface area contributed by atoms with Crippen molar-refractivity contribution in [1.82, 2.24) is 5.43 Å². The molecule has 0 saturated carbocycles. The highest BCUT2D eigenvalue weighted by Crippen LogP contribution is 2.38. The van der Waals surface area contributed by atoms with E-state index in [0.717, 1.165) is 0 Å². The maximum Gasteiger partial charge on any atom is 0.347 e. The summed E-state index contributed by atoms with van der Waals surface area (Å²) < 4.78 is 16.3. The standard InChI is InChI=1S/C23H23ClN2O6/c1-4-30-19-13-15(12-18(24)20(19)32-14(3)23(29)31-5-2)11-17-21(27)25-26(22(17)28)16-9-7-6-8-10-16/h6-14H,4-5H2,1-3H3,(H,25,27). The van der Waals surface area contributed by atoms with Gasteiger partial charge in [-0.05, 0) is 56.7 Å². The van der Waals surface area contributed by atoms with Gasteiger partial charge in [-0.25, -0.2) is 9.80 Å². The number of anilines is 1. The van der Waals surface area contributed by atoms with E-state index in [-0.39, 0.29) is 28.7 Å². The van der Waals surface area contributed by atoms with Gasteiger partial charge in [0.1, 0.15) is 5.57 Å². The number of nitrogens with one attached hydrogen (secondary N) is 1. The molecule has 1 aliphatic rings. The monoisotopic (exact) mass is 458 g/mol. The van der Waals surface area contributed by atoms with Crippen LogP contribution >= 0.6 is 11.6 Å². The highest BCUT2D eigenvalue weighted by molar-refractivity contribution is 6.33. The van der Waals surface area contributed by atoms with Crippen molar-refractivity contribution in [3.63, 3.8) is 0 Å². The summed E-state index contributed by atoms with van der Waals surface area (Å²) in [4.78, 5) is 37.2. The molecule has 1 N–H and O–H groups in total. The fourth-order valence-electron chi connectivity index (χ4n) is 3.02. The quantitative estimate of drug-likeness (QED) is 0.369. The number of rotatable bonds is 8. The van der Waals surface area contributed by atoms with E-state index in [0.29, 0.717) is 17.9 Å². The lowest BCUT2D eigenvalue weighted by molar-refractivity contribution is -0.150. The zero-order valence-corrected chi connectivity index (χ0v) is 18.6. The molecule has 8 nitrogen and oxygen atoms in total. The van der Waals surface area contributed by atoms with Crippen LogP contribution in [-0.2, 0) is 19.1 Å². The lowest BCUT2D eigenvalue weighted by Gasteiger charge is -2.18. The first-order chi connectivity index (χ1) is 15.3. The lowest BCUT2D eigenvalue weighted by atomic mass is 10.1. The number of para-hydroxylation sites is 1. The molecule has 2 amide bonds. The molecule has 1 atom stereocenters. The Hall–Kier alpha value is -3.52. The van der Waals surface area contributed by atoms with Gasteiger partial charge in [0.15, 0.2) is 17.6 Å². The van der Waals surface area contributed by atoms with Crippen LogP contribution in [0.25, 0.3) is 6.08 Å². The van der Waals surface area contributed by atoms with Crippen molar-refractivity contribution in [2.75, 3.05) is 18.2 Å². The minimum Gasteiger partial charge on any atom is -0.490 e. The Bertz CT molecular complexity index is 1050. The SMILES string of the molecule is CCOC(=O)C(C)Oc1c(Cl)cc(C=C2C(=O)NN(c3ccccc3)C2=O)cc1OCC. The van der Waals surface area contributed by atoms with Crippen molar-refractivity contribution in [1.29, 1.82) is 0 Å². The van der Waals surface area contributed by atoms with Crippen molar-refractivity contribution < 1.29 is 28.6 Å². The van der Waals surface area contributed by atoms with Gasteiger partial charge in [-0.3, -0.25) is 15.0 Å². The molecular weight excluding hydrogens is 436 g/mol. The van der Waals surface area contributed by atoms with E-state index >= 15 is 0 Å². The molecule has 2 aromatic carbocycles. The first-order valence-electron chi connectivity index (χ1n) is 10.1. The Morgan fingerprint density at radius 2 is 1.88 bits per heavy atom. The fourth-order valence-corrected chi connectivity index (χ4v) is 3.28. The van der Waals surface area contributed by atoms with Crippen LogP contribution in [0, 0.1) is 0 Å². The second kappa shape index (κ2) is 10.2. The van der Waals surface area contributed by atoms with Gasteiger partial charge < -0.3 is 14.2 Å². The van der Waals surface area contributed by atoms with E-state index < -0.39 is 23.9 Å². The van der Waals surface area contributed by atoms with Crippen LogP contribution in [-0.4, -0.2) is 37.1 Å². The van der Waals surface area contributed by atoms with Crippen molar-refractivity contribution in [2.45, 2.75) is 26.9 Å². The summed E-state index contributed by atoms with van der Waals surface area (Å²) in [5, 5.41) is 1.34. The van der Waals surface area contributed by atoms with Gasteiger partial charge in [-0.2, -0.15) is 0 Å². The van der Waals surface area contributed by atoms with Gasteiger partial charge in [-0.15, -0.1) is 0 Å². The highest BCUT2D eigenvalue weighted by atomic mass is 35.5. The minimum absolute atomic E-state index is 0.0547.